The Bertz CT molecular complexity index is 1420. The van der Waals surface area contributed by atoms with Gasteiger partial charge in [-0.25, -0.2) is 12.8 Å². The Morgan fingerprint density at radius 3 is 2.24 bits per heavy atom. The number of aryl methyl sites for hydroxylation is 1. The zero-order chi connectivity index (χ0) is 29.4. The van der Waals surface area contributed by atoms with Crippen LogP contribution in [0.5, 0.6) is 0 Å². The van der Waals surface area contributed by atoms with E-state index in [0.717, 1.165) is 53.8 Å². The van der Waals surface area contributed by atoms with E-state index in [1.807, 2.05) is 43.3 Å². The van der Waals surface area contributed by atoms with Crippen LogP contribution < -0.4 is 9.62 Å². The van der Waals surface area contributed by atoms with Gasteiger partial charge in [-0.05, 0) is 60.7 Å². The molecule has 0 saturated heterocycles. The Balaban J connectivity index is 1.71. The molecule has 1 saturated carbocycles. The fourth-order valence-corrected chi connectivity index (χ4v) is 6.12. The van der Waals surface area contributed by atoms with Crippen molar-refractivity contribution in [3.63, 3.8) is 0 Å². The van der Waals surface area contributed by atoms with Gasteiger partial charge >= 0.3 is 0 Å². The second kappa shape index (κ2) is 13.8. The summed E-state index contributed by atoms with van der Waals surface area (Å²) in [6.07, 6.45) is 6.27. The van der Waals surface area contributed by atoms with Gasteiger partial charge in [0, 0.05) is 19.0 Å². The first-order chi connectivity index (χ1) is 19.6. The third-order valence-corrected chi connectivity index (χ3v) is 8.60. The lowest BCUT2D eigenvalue weighted by molar-refractivity contribution is -0.140. The van der Waals surface area contributed by atoms with Gasteiger partial charge in [0.05, 0.1) is 11.9 Å². The summed E-state index contributed by atoms with van der Waals surface area (Å²) in [5.41, 5.74) is 2.71. The summed E-state index contributed by atoms with van der Waals surface area (Å²) in [7, 11) is -3.83. The molecule has 1 aliphatic rings. The number of carbonyl (C=O) groups excluding carboxylic acids is 2. The molecule has 2 amide bonds. The Morgan fingerprint density at radius 1 is 0.927 bits per heavy atom. The summed E-state index contributed by atoms with van der Waals surface area (Å²) < 4.78 is 40.6. The van der Waals surface area contributed by atoms with Crippen molar-refractivity contribution >= 4 is 27.5 Å². The summed E-state index contributed by atoms with van der Waals surface area (Å²) >= 11 is 0. The van der Waals surface area contributed by atoms with E-state index in [-0.39, 0.29) is 24.9 Å². The first-order valence-corrected chi connectivity index (χ1v) is 15.9. The number of nitrogens with one attached hydrogen (secondary N) is 1. The molecule has 1 fully saturated rings. The van der Waals surface area contributed by atoms with Crippen molar-refractivity contribution in [3.05, 3.63) is 101 Å². The highest BCUT2D eigenvalue weighted by Crippen LogP contribution is 2.23. The van der Waals surface area contributed by atoms with Crippen LogP contribution in [0.3, 0.4) is 0 Å². The summed E-state index contributed by atoms with van der Waals surface area (Å²) in [5.74, 6) is -1.22. The third kappa shape index (κ3) is 8.63. The zero-order valence-electron chi connectivity index (χ0n) is 23.6. The van der Waals surface area contributed by atoms with Gasteiger partial charge in [0.15, 0.2) is 0 Å². The van der Waals surface area contributed by atoms with E-state index >= 15 is 0 Å². The van der Waals surface area contributed by atoms with Gasteiger partial charge in [-0.3, -0.25) is 13.9 Å². The molecule has 3 aromatic carbocycles. The molecule has 4 rings (SSSR count). The molecule has 0 heterocycles. The van der Waals surface area contributed by atoms with Gasteiger partial charge in [0.1, 0.15) is 18.4 Å². The van der Waals surface area contributed by atoms with Gasteiger partial charge in [-0.2, -0.15) is 0 Å². The van der Waals surface area contributed by atoms with E-state index in [9.17, 15) is 22.4 Å². The van der Waals surface area contributed by atoms with Crippen molar-refractivity contribution in [1.82, 2.24) is 10.2 Å². The lowest BCUT2D eigenvalue weighted by atomic mass is 9.94. The lowest BCUT2D eigenvalue weighted by Crippen LogP contribution is -2.55. The predicted octanol–water partition coefficient (Wildman–Crippen LogP) is 4.99. The Morgan fingerprint density at radius 2 is 1.61 bits per heavy atom. The topological polar surface area (TPSA) is 86.8 Å². The molecule has 1 aliphatic carbocycles. The van der Waals surface area contributed by atoms with E-state index in [0.29, 0.717) is 11.3 Å². The minimum atomic E-state index is -3.83. The number of rotatable bonds is 11. The number of hydrogen-bond donors (Lipinski definition) is 1. The molecule has 7 nitrogen and oxygen atoms in total. The van der Waals surface area contributed by atoms with Crippen LogP contribution in [-0.2, 0) is 32.6 Å². The standard InChI is InChI=1S/C32H38FN3O4S/c1-24-10-9-15-29(20-24)36(41(2,39)40)23-31(37)35(22-26-16-18-27(33)19-17-26)30(21-25-11-5-3-6-12-25)32(38)34-28-13-7-4-8-14-28/h3,5-6,9-12,15-20,28,30H,4,7-8,13-14,21-23H2,1-2H3,(H,34,38)/t30-/m1/s1. The second-order valence-electron chi connectivity index (χ2n) is 10.8. The van der Waals surface area contributed by atoms with E-state index in [1.165, 1.54) is 17.0 Å². The fraction of sp³-hybridized carbons (Fsp3) is 0.375. The zero-order valence-corrected chi connectivity index (χ0v) is 24.4. The molecular weight excluding hydrogens is 541 g/mol. The van der Waals surface area contributed by atoms with Gasteiger partial charge in [-0.1, -0.05) is 73.9 Å². The average Bonchev–Trinajstić information content (AvgIpc) is 2.95. The fourth-order valence-electron chi connectivity index (χ4n) is 5.28. The first-order valence-electron chi connectivity index (χ1n) is 14.0. The minimum absolute atomic E-state index is 0.0140. The molecule has 0 bridgehead atoms. The molecule has 1 atom stereocenters. The maximum absolute atomic E-state index is 14.1. The van der Waals surface area contributed by atoms with Gasteiger partial charge in [0.2, 0.25) is 21.8 Å². The van der Waals surface area contributed by atoms with Crippen LogP contribution in [-0.4, -0.2) is 50.0 Å². The molecule has 0 radical (unpaired) electrons. The highest BCUT2D eigenvalue weighted by molar-refractivity contribution is 7.92. The Hall–Kier alpha value is -3.72. The smallest absolute Gasteiger partial charge is 0.244 e. The summed E-state index contributed by atoms with van der Waals surface area (Å²) in [6, 6.07) is 21.2. The second-order valence-corrected chi connectivity index (χ2v) is 12.7. The van der Waals surface area contributed by atoms with Gasteiger partial charge in [0.25, 0.3) is 0 Å². The molecule has 218 valence electrons. The number of carbonyl (C=O) groups is 2. The van der Waals surface area contributed by atoms with Crippen molar-refractivity contribution in [1.29, 1.82) is 0 Å². The van der Waals surface area contributed by atoms with E-state index in [2.05, 4.69) is 5.32 Å². The molecule has 0 spiro atoms. The maximum Gasteiger partial charge on any atom is 0.244 e. The van der Waals surface area contributed by atoms with E-state index in [1.54, 1.807) is 30.3 Å². The SMILES string of the molecule is Cc1cccc(N(CC(=O)N(Cc2ccc(F)cc2)[C@H](Cc2ccccc2)C(=O)NC2CCCCC2)S(C)(=O)=O)c1. The number of anilines is 1. The molecular formula is C32H38FN3O4S. The molecule has 0 aliphatic heterocycles. The monoisotopic (exact) mass is 579 g/mol. The highest BCUT2D eigenvalue weighted by atomic mass is 32.2. The summed E-state index contributed by atoms with van der Waals surface area (Å²) in [6.45, 7) is 1.38. The average molecular weight is 580 g/mol. The number of sulfonamides is 1. The van der Waals surface area contributed by atoms with Crippen molar-refractivity contribution in [2.24, 2.45) is 0 Å². The summed E-state index contributed by atoms with van der Waals surface area (Å²) in [5, 5.41) is 3.17. The van der Waals surface area contributed by atoms with Crippen molar-refractivity contribution in [3.8, 4) is 0 Å². The number of benzene rings is 3. The Labute approximate surface area is 242 Å². The molecule has 0 aromatic heterocycles. The number of nitrogens with zero attached hydrogens (tertiary/aromatic N) is 2. The number of hydrogen-bond acceptors (Lipinski definition) is 4. The molecule has 3 aromatic rings. The molecule has 1 N–H and O–H groups in total. The molecule has 41 heavy (non-hydrogen) atoms. The van der Waals surface area contributed by atoms with Gasteiger partial charge < -0.3 is 10.2 Å². The van der Waals surface area contributed by atoms with Crippen LogP contribution >= 0.6 is 0 Å². The molecule has 0 unspecified atom stereocenters. The molecule has 9 heteroatoms. The van der Waals surface area contributed by atoms with E-state index in [4.69, 9.17) is 0 Å². The maximum atomic E-state index is 14.1. The minimum Gasteiger partial charge on any atom is -0.352 e. The number of amides is 2. The largest absolute Gasteiger partial charge is 0.352 e. The number of halogens is 1. The van der Waals surface area contributed by atoms with Crippen LogP contribution in [0.25, 0.3) is 0 Å². The van der Waals surface area contributed by atoms with Crippen LogP contribution in [0, 0.1) is 12.7 Å². The van der Waals surface area contributed by atoms with Gasteiger partial charge in [-0.15, -0.1) is 0 Å². The lowest BCUT2D eigenvalue weighted by Gasteiger charge is -2.35. The van der Waals surface area contributed by atoms with Crippen LogP contribution in [0.1, 0.15) is 48.8 Å². The summed E-state index contributed by atoms with van der Waals surface area (Å²) in [4.78, 5) is 29.5. The quantitative estimate of drug-likeness (QED) is 0.347. The van der Waals surface area contributed by atoms with E-state index < -0.39 is 34.3 Å². The van der Waals surface area contributed by atoms with Crippen molar-refractivity contribution in [2.45, 2.75) is 64.1 Å². The first kappa shape index (κ1) is 30.2. The van der Waals surface area contributed by atoms with Crippen LogP contribution in [0.2, 0.25) is 0 Å². The highest BCUT2D eigenvalue weighted by Gasteiger charge is 2.34. The normalized spacial score (nSPS) is 14.7. The van der Waals surface area contributed by atoms with Crippen molar-refractivity contribution in [2.75, 3.05) is 17.1 Å². The predicted molar refractivity (Wildman–Crippen MR) is 159 cm³/mol. The Kier molecular flexibility index (Phi) is 10.2. The van der Waals surface area contributed by atoms with Crippen molar-refractivity contribution < 1.29 is 22.4 Å². The van der Waals surface area contributed by atoms with Crippen LogP contribution in [0.15, 0.2) is 78.9 Å². The van der Waals surface area contributed by atoms with Crippen LogP contribution in [0.4, 0.5) is 10.1 Å². The third-order valence-electron chi connectivity index (χ3n) is 7.46.